The van der Waals surface area contributed by atoms with Gasteiger partial charge in [-0.15, -0.1) is 0 Å². The number of nitrogens with zero attached hydrogens (tertiary/aromatic N) is 1. The van der Waals surface area contributed by atoms with E-state index in [0.717, 1.165) is 4.47 Å². The molecule has 1 aromatic carbocycles. The zero-order valence-corrected chi connectivity index (χ0v) is 12.8. The summed E-state index contributed by atoms with van der Waals surface area (Å²) in [4.78, 5) is 13.2. The Kier molecular flexibility index (Phi) is 5.13. The number of carbonyl (C=O) groups excluding carboxylic acids is 1. The van der Waals surface area contributed by atoms with E-state index in [1.165, 1.54) is 4.90 Å². The average Bonchev–Trinajstić information content (AvgIpc) is 2.44. The van der Waals surface area contributed by atoms with Crippen LogP contribution in [0.1, 0.15) is 12.8 Å². The van der Waals surface area contributed by atoms with Crippen molar-refractivity contribution in [3.8, 4) is 5.75 Å². The molecule has 1 aliphatic heterocycles. The Bertz CT molecular complexity index is 507. The molecule has 116 valence electrons. The van der Waals surface area contributed by atoms with Gasteiger partial charge in [-0.25, -0.2) is 0 Å². The Balaban J connectivity index is 1.88. The number of piperidine rings is 1. The highest BCUT2D eigenvalue weighted by Gasteiger charge is 2.42. The molecule has 1 heterocycles. The van der Waals surface area contributed by atoms with Gasteiger partial charge in [0, 0.05) is 17.6 Å². The highest BCUT2D eigenvalue weighted by atomic mass is 79.9. The monoisotopic (exact) mass is 365 g/mol. The Morgan fingerprint density at radius 2 is 2.19 bits per heavy atom. The lowest BCUT2D eigenvalue weighted by atomic mass is 9.97. The molecular weight excluding hydrogens is 351 g/mol. The molecule has 1 aromatic rings. The van der Waals surface area contributed by atoms with Gasteiger partial charge in [0.25, 0.3) is 5.91 Å². The molecule has 0 aliphatic carbocycles. The first kappa shape index (κ1) is 16.1. The fourth-order valence-corrected chi connectivity index (χ4v) is 2.64. The summed E-state index contributed by atoms with van der Waals surface area (Å²) in [6.45, 7) is -0.168. The van der Waals surface area contributed by atoms with E-state index in [2.05, 4.69) is 15.9 Å². The van der Waals surface area contributed by atoms with Gasteiger partial charge in [0.15, 0.2) is 6.61 Å². The van der Waals surface area contributed by atoms with Gasteiger partial charge in [-0.05, 0) is 31.0 Å². The summed E-state index contributed by atoms with van der Waals surface area (Å²) in [5.74, 6) is -1.34. The summed E-state index contributed by atoms with van der Waals surface area (Å²) >= 11 is 3.28. The Hall–Kier alpha value is -1.24. The Morgan fingerprint density at radius 1 is 1.43 bits per heavy atom. The number of hydrogen-bond acceptors (Lipinski definition) is 2. The van der Waals surface area contributed by atoms with Gasteiger partial charge in [-0.2, -0.15) is 13.2 Å². The van der Waals surface area contributed by atoms with Crippen molar-refractivity contribution in [2.24, 2.45) is 5.92 Å². The van der Waals surface area contributed by atoms with E-state index in [-0.39, 0.29) is 19.6 Å². The van der Waals surface area contributed by atoms with Crippen molar-refractivity contribution in [3.63, 3.8) is 0 Å². The number of rotatable bonds is 3. The zero-order valence-electron chi connectivity index (χ0n) is 11.2. The van der Waals surface area contributed by atoms with Crippen LogP contribution >= 0.6 is 15.9 Å². The van der Waals surface area contributed by atoms with E-state index in [0.29, 0.717) is 18.7 Å². The lowest BCUT2D eigenvalue weighted by Gasteiger charge is -2.33. The number of likely N-dealkylation sites (tertiary alicyclic amines) is 1. The lowest BCUT2D eigenvalue weighted by Crippen LogP contribution is -2.46. The summed E-state index contributed by atoms with van der Waals surface area (Å²) < 4.78 is 44.2. The van der Waals surface area contributed by atoms with Crippen molar-refractivity contribution in [1.82, 2.24) is 4.90 Å². The van der Waals surface area contributed by atoms with E-state index >= 15 is 0 Å². The predicted octanol–water partition coefficient (Wildman–Crippen LogP) is 3.63. The van der Waals surface area contributed by atoms with Crippen LogP contribution in [-0.4, -0.2) is 36.7 Å². The molecule has 0 radical (unpaired) electrons. The molecule has 1 saturated heterocycles. The molecule has 1 amide bonds. The first-order chi connectivity index (χ1) is 9.86. The van der Waals surface area contributed by atoms with Crippen LogP contribution in [0.2, 0.25) is 0 Å². The minimum absolute atomic E-state index is 0.0831. The van der Waals surface area contributed by atoms with Crippen molar-refractivity contribution in [3.05, 3.63) is 28.7 Å². The van der Waals surface area contributed by atoms with Gasteiger partial charge in [0.1, 0.15) is 5.75 Å². The van der Waals surface area contributed by atoms with Gasteiger partial charge >= 0.3 is 6.18 Å². The second-order valence-electron chi connectivity index (χ2n) is 4.97. The van der Waals surface area contributed by atoms with Crippen molar-refractivity contribution in [1.29, 1.82) is 0 Å². The predicted molar refractivity (Wildman–Crippen MR) is 75.0 cm³/mol. The molecule has 1 atom stereocenters. The molecule has 1 unspecified atom stereocenters. The van der Waals surface area contributed by atoms with E-state index in [4.69, 9.17) is 4.74 Å². The van der Waals surface area contributed by atoms with Gasteiger partial charge < -0.3 is 9.64 Å². The molecule has 3 nitrogen and oxygen atoms in total. The van der Waals surface area contributed by atoms with Gasteiger partial charge in [0.05, 0.1) is 5.92 Å². The molecule has 7 heteroatoms. The van der Waals surface area contributed by atoms with Crippen LogP contribution in [0, 0.1) is 5.92 Å². The fraction of sp³-hybridized carbons (Fsp3) is 0.500. The zero-order chi connectivity index (χ0) is 15.5. The molecule has 0 saturated carbocycles. The first-order valence-electron chi connectivity index (χ1n) is 6.59. The molecule has 0 aromatic heterocycles. The maximum atomic E-state index is 12.7. The number of hydrogen-bond donors (Lipinski definition) is 0. The summed E-state index contributed by atoms with van der Waals surface area (Å²) in [5.41, 5.74) is 0. The molecule has 0 bridgehead atoms. The maximum Gasteiger partial charge on any atom is 0.393 e. The minimum atomic E-state index is -4.25. The quantitative estimate of drug-likeness (QED) is 0.818. The van der Waals surface area contributed by atoms with Gasteiger partial charge in [-0.1, -0.05) is 22.0 Å². The van der Waals surface area contributed by atoms with Crippen LogP contribution in [0.5, 0.6) is 5.75 Å². The number of amides is 1. The third kappa shape index (κ3) is 4.62. The lowest BCUT2D eigenvalue weighted by molar-refractivity contribution is -0.188. The average molecular weight is 366 g/mol. The van der Waals surface area contributed by atoms with Gasteiger partial charge in [0.2, 0.25) is 0 Å². The summed E-state index contributed by atoms with van der Waals surface area (Å²) in [6, 6.07) is 6.95. The molecule has 1 fully saturated rings. The van der Waals surface area contributed by atoms with Crippen molar-refractivity contribution < 1.29 is 22.7 Å². The van der Waals surface area contributed by atoms with Crippen molar-refractivity contribution >= 4 is 21.8 Å². The van der Waals surface area contributed by atoms with Crippen LogP contribution in [0.15, 0.2) is 28.7 Å². The minimum Gasteiger partial charge on any atom is -0.484 e. The largest absolute Gasteiger partial charge is 0.484 e. The van der Waals surface area contributed by atoms with Crippen LogP contribution < -0.4 is 4.74 Å². The van der Waals surface area contributed by atoms with Crippen LogP contribution in [0.25, 0.3) is 0 Å². The van der Waals surface area contributed by atoms with Crippen molar-refractivity contribution in [2.75, 3.05) is 19.7 Å². The molecule has 2 rings (SSSR count). The van der Waals surface area contributed by atoms with E-state index in [1.807, 2.05) is 6.07 Å². The summed E-state index contributed by atoms with van der Waals surface area (Å²) in [6.07, 6.45) is -3.79. The summed E-state index contributed by atoms with van der Waals surface area (Å²) in [5, 5.41) is 0. The Morgan fingerprint density at radius 3 is 2.86 bits per heavy atom. The van der Waals surface area contributed by atoms with Crippen LogP contribution in [0.4, 0.5) is 13.2 Å². The van der Waals surface area contributed by atoms with Crippen LogP contribution in [0.3, 0.4) is 0 Å². The first-order valence-corrected chi connectivity index (χ1v) is 7.38. The number of benzene rings is 1. The number of halogens is 4. The standard InChI is InChI=1S/C14H15BrF3NO2/c15-11-4-1-5-12(7-11)21-9-13(20)19-6-2-3-10(8-19)14(16,17)18/h1,4-5,7,10H,2-3,6,8-9H2. The number of carbonyl (C=O) groups is 1. The molecule has 0 N–H and O–H groups in total. The highest BCUT2D eigenvalue weighted by Crippen LogP contribution is 2.33. The third-order valence-corrected chi connectivity index (χ3v) is 3.89. The molecule has 21 heavy (non-hydrogen) atoms. The number of ether oxygens (including phenoxy) is 1. The maximum absolute atomic E-state index is 12.7. The van der Waals surface area contributed by atoms with Crippen LogP contribution in [-0.2, 0) is 4.79 Å². The molecule has 1 aliphatic rings. The van der Waals surface area contributed by atoms with Crippen molar-refractivity contribution in [2.45, 2.75) is 19.0 Å². The summed E-state index contributed by atoms with van der Waals surface area (Å²) in [7, 11) is 0. The fourth-order valence-electron chi connectivity index (χ4n) is 2.26. The SMILES string of the molecule is O=C(COc1cccc(Br)c1)N1CCCC(C(F)(F)F)C1. The normalized spacial score (nSPS) is 19.4. The van der Waals surface area contributed by atoms with E-state index in [9.17, 15) is 18.0 Å². The van der Waals surface area contributed by atoms with E-state index < -0.39 is 18.0 Å². The van der Waals surface area contributed by atoms with E-state index in [1.54, 1.807) is 18.2 Å². The third-order valence-electron chi connectivity index (χ3n) is 3.40. The number of alkyl halides is 3. The second-order valence-corrected chi connectivity index (χ2v) is 5.88. The smallest absolute Gasteiger partial charge is 0.393 e. The molecular formula is C14H15BrF3NO2. The molecule has 0 spiro atoms. The highest BCUT2D eigenvalue weighted by molar-refractivity contribution is 9.10. The Labute approximate surface area is 129 Å². The second kappa shape index (κ2) is 6.68. The topological polar surface area (TPSA) is 29.5 Å². The van der Waals surface area contributed by atoms with Gasteiger partial charge in [-0.3, -0.25) is 4.79 Å².